The van der Waals surface area contributed by atoms with Crippen molar-refractivity contribution in [1.29, 1.82) is 0 Å². The smallest absolute Gasteiger partial charge is 0.0702 e. The first-order valence-corrected chi connectivity index (χ1v) is 22.0. The zero-order chi connectivity index (χ0) is 44.8. The van der Waals surface area contributed by atoms with Crippen molar-refractivity contribution in [3.63, 3.8) is 0 Å². The lowest BCUT2D eigenvalue weighted by Gasteiger charge is -2.20. The number of rotatable bonds is 12. The van der Waals surface area contributed by atoms with E-state index < -0.39 is 0 Å². The van der Waals surface area contributed by atoms with E-state index >= 15 is 0 Å². The molecule has 7 aromatic carbocycles. The maximum atomic E-state index is 10.9. The third-order valence-corrected chi connectivity index (χ3v) is 12.2. The third-order valence-electron chi connectivity index (χ3n) is 12.2. The van der Waals surface area contributed by atoms with Crippen molar-refractivity contribution in [3.05, 3.63) is 235 Å². The van der Waals surface area contributed by atoms with Gasteiger partial charge in [-0.15, -0.1) is 0 Å². The van der Waals surface area contributed by atoms with Crippen LogP contribution in [0.15, 0.2) is 219 Å². The third kappa shape index (κ3) is 8.36. The van der Waals surface area contributed by atoms with E-state index in [9.17, 15) is 15.3 Å². The fourth-order valence-corrected chi connectivity index (χ4v) is 9.04. The summed E-state index contributed by atoms with van der Waals surface area (Å²) >= 11 is 0. The number of nitrogens with zero attached hydrogens (tertiary/aromatic N) is 3. The average molecular weight is 856 g/mol. The van der Waals surface area contributed by atoms with Crippen molar-refractivity contribution in [2.75, 3.05) is 0 Å². The molecule has 10 aromatic rings. The van der Waals surface area contributed by atoms with Gasteiger partial charge >= 0.3 is 0 Å². The molecule has 0 saturated heterocycles. The van der Waals surface area contributed by atoms with Crippen molar-refractivity contribution >= 4 is 0 Å². The van der Waals surface area contributed by atoms with Gasteiger partial charge in [-0.2, -0.15) is 0 Å². The number of benzene rings is 7. The lowest BCUT2D eigenvalue weighted by molar-refractivity contribution is 0.282. The van der Waals surface area contributed by atoms with Crippen LogP contribution in [0.1, 0.15) is 16.7 Å². The van der Waals surface area contributed by atoms with E-state index in [1.807, 2.05) is 91.0 Å². The molecular weight excluding hydrogens is 811 g/mol. The van der Waals surface area contributed by atoms with Crippen LogP contribution in [0.3, 0.4) is 0 Å². The summed E-state index contributed by atoms with van der Waals surface area (Å²) in [7, 11) is 0. The minimum Gasteiger partial charge on any atom is -0.392 e. The van der Waals surface area contributed by atoms with Crippen molar-refractivity contribution in [2.45, 2.75) is 19.8 Å². The van der Waals surface area contributed by atoms with Crippen LogP contribution in [0.2, 0.25) is 0 Å². The van der Waals surface area contributed by atoms with Crippen LogP contribution in [0.25, 0.3) is 101 Å². The van der Waals surface area contributed by atoms with Crippen LogP contribution in [0, 0.1) is 0 Å². The van der Waals surface area contributed by atoms with E-state index in [0.717, 1.165) is 117 Å². The Kier molecular flexibility index (Phi) is 12.0. The molecule has 3 heterocycles. The Labute approximate surface area is 384 Å². The van der Waals surface area contributed by atoms with Gasteiger partial charge in [-0.25, -0.2) is 0 Å². The SMILES string of the molecule is OCc1cc(-c2ccccn2)ccc1-c1ccccc1-c1cc(-c2ccccc2-c2ccc(-c3ccccn3)cc2CO)cc(-c2ccccc2-c2ccc(-c3ccccn3)cc2CO)c1. The summed E-state index contributed by atoms with van der Waals surface area (Å²) in [6.07, 6.45) is 5.34. The number of aliphatic hydroxyl groups excluding tert-OH is 3. The Bertz CT molecular complexity index is 2950. The summed E-state index contributed by atoms with van der Waals surface area (Å²) in [6, 6.07) is 67.9. The monoisotopic (exact) mass is 855 g/mol. The summed E-state index contributed by atoms with van der Waals surface area (Å²) in [5, 5.41) is 32.6. The summed E-state index contributed by atoms with van der Waals surface area (Å²) in [5.74, 6) is 0. The molecular formula is C60H45N3O3. The van der Waals surface area contributed by atoms with Gasteiger partial charge in [-0.3, -0.25) is 15.0 Å². The molecule has 0 unspecified atom stereocenters. The minimum atomic E-state index is -0.144. The second-order valence-electron chi connectivity index (χ2n) is 16.2. The maximum Gasteiger partial charge on any atom is 0.0702 e. The van der Waals surface area contributed by atoms with Gasteiger partial charge in [0.05, 0.1) is 36.9 Å². The van der Waals surface area contributed by atoms with E-state index in [-0.39, 0.29) is 19.8 Å². The highest BCUT2D eigenvalue weighted by atomic mass is 16.3. The van der Waals surface area contributed by atoms with Gasteiger partial charge in [0, 0.05) is 35.3 Å². The van der Waals surface area contributed by atoms with Crippen LogP contribution in [0.5, 0.6) is 0 Å². The minimum absolute atomic E-state index is 0.144. The standard InChI is InChI=1S/C60H45N3O3/c64-37-46-31-40(58-19-7-10-28-61-58)22-25-52(46)55-16-4-1-13-49(55)43-34-44(50-14-2-5-17-56(50)53-26-23-41(32-47(53)38-65)59-20-8-11-29-62-59)36-45(35-43)51-15-3-6-18-57(51)54-27-24-42(33-48(54)39-66)60-21-9-12-30-63-60/h1-36,64-66H,37-39H2. The van der Waals surface area contributed by atoms with Crippen LogP contribution in [-0.2, 0) is 19.8 Å². The quantitative estimate of drug-likeness (QED) is 0.113. The number of aromatic nitrogens is 3. The van der Waals surface area contributed by atoms with Crippen LogP contribution < -0.4 is 0 Å². The second-order valence-corrected chi connectivity index (χ2v) is 16.2. The van der Waals surface area contributed by atoms with Gasteiger partial charge < -0.3 is 15.3 Å². The molecule has 10 rings (SSSR count). The highest BCUT2D eigenvalue weighted by Gasteiger charge is 2.20. The van der Waals surface area contributed by atoms with Crippen molar-refractivity contribution < 1.29 is 15.3 Å². The summed E-state index contributed by atoms with van der Waals surface area (Å²) in [4.78, 5) is 13.7. The normalized spacial score (nSPS) is 11.1. The number of hydrogen-bond acceptors (Lipinski definition) is 6. The first-order valence-electron chi connectivity index (χ1n) is 22.0. The molecule has 3 N–H and O–H groups in total. The molecule has 0 bridgehead atoms. The lowest BCUT2D eigenvalue weighted by atomic mass is 9.84. The van der Waals surface area contributed by atoms with Gasteiger partial charge in [-0.1, -0.05) is 127 Å². The fourth-order valence-electron chi connectivity index (χ4n) is 9.04. The molecule has 6 nitrogen and oxygen atoms in total. The Morgan fingerprint density at radius 1 is 0.242 bits per heavy atom. The zero-order valence-electron chi connectivity index (χ0n) is 36.1. The molecule has 6 heteroatoms. The summed E-state index contributed by atoms with van der Waals surface area (Å²) in [5.41, 5.74) is 19.4. The van der Waals surface area contributed by atoms with Gasteiger partial charge in [0.25, 0.3) is 0 Å². The van der Waals surface area contributed by atoms with Gasteiger partial charge in [0.1, 0.15) is 0 Å². The van der Waals surface area contributed by atoms with Crippen LogP contribution >= 0.6 is 0 Å². The molecule has 66 heavy (non-hydrogen) atoms. The van der Waals surface area contributed by atoms with E-state index in [2.05, 4.69) is 124 Å². The zero-order valence-corrected chi connectivity index (χ0v) is 36.1. The van der Waals surface area contributed by atoms with Crippen molar-refractivity contribution in [3.8, 4) is 101 Å². The average Bonchev–Trinajstić information content (AvgIpc) is 3.41. The number of pyridine rings is 3. The molecule has 0 fully saturated rings. The largest absolute Gasteiger partial charge is 0.392 e. The molecule has 0 amide bonds. The summed E-state index contributed by atoms with van der Waals surface area (Å²) in [6.45, 7) is -0.432. The van der Waals surface area contributed by atoms with E-state index in [1.54, 1.807) is 18.6 Å². The Hall–Kier alpha value is -8.13. The second kappa shape index (κ2) is 18.9. The first kappa shape index (κ1) is 41.9. The Morgan fingerprint density at radius 2 is 0.515 bits per heavy atom. The first-order chi connectivity index (χ1) is 32.6. The van der Waals surface area contributed by atoms with Crippen LogP contribution in [-0.4, -0.2) is 30.3 Å². The molecule has 0 spiro atoms. The topological polar surface area (TPSA) is 99.4 Å². The molecule has 318 valence electrons. The van der Waals surface area contributed by atoms with Crippen molar-refractivity contribution in [1.82, 2.24) is 15.0 Å². The Balaban J connectivity index is 1.17. The molecule has 3 aromatic heterocycles. The van der Waals surface area contributed by atoms with Crippen molar-refractivity contribution in [2.24, 2.45) is 0 Å². The predicted molar refractivity (Wildman–Crippen MR) is 267 cm³/mol. The molecule has 0 aliphatic carbocycles. The molecule has 0 atom stereocenters. The lowest BCUT2D eigenvalue weighted by Crippen LogP contribution is -1.97. The number of hydrogen-bond donors (Lipinski definition) is 3. The van der Waals surface area contributed by atoms with E-state index in [0.29, 0.717) is 0 Å². The molecule has 0 aliphatic rings. The highest BCUT2D eigenvalue weighted by molar-refractivity contribution is 5.95. The van der Waals surface area contributed by atoms with Crippen LogP contribution in [0.4, 0.5) is 0 Å². The fraction of sp³-hybridized carbons (Fsp3) is 0.0500. The van der Waals surface area contributed by atoms with E-state index in [1.165, 1.54) is 0 Å². The summed E-state index contributed by atoms with van der Waals surface area (Å²) < 4.78 is 0. The predicted octanol–water partition coefficient (Wildman–Crippen LogP) is 13.4. The molecule has 0 aliphatic heterocycles. The number of aliphatic hydroxyl groups is 3. The highest BCUT2D eigenvalue weighted by Crippen LogP contribution is 2.44. The molecule has 0 radical (unpaired) electrons. The maximum absolute atomic E-state index is 10.9. The van der Waals surface area contributed by atoms with Gasteiger partial charge in [0.15, 0.2) is 0 Å². The van der Waals surface area contributed by atoms with E-state index in [4.69, 9.17) is 0 Å². The molecule has 0 saturated carbocycles. The Morgan fingerprint density at radius 3 is 0.773 bits per heavy atom. The van der Waals surface area contributed by atoms with Gasteiger partial charge in [-0.05, 0) is 156 Å². The van der Waals surface area contributed by atoms with Gasteiger partial charge in [0.2, 0.25) is 0 Å².